The summed E-state index contributed by atoms with van der Waals surface area (Å²) in [7, 11) is -2.48. The molecule has 3 rings (SSSR count). The Hall–Kier alpha value is -3.34. The molecule has 1 amide bonds. The number of aromatic nitrogens is 2. The molecule has 1 heterocycles. The van der Waals surface area contributed by atoms with Crippen LogP contribution in [0.5, 0.6) is 0 Å². The molecule has 0 aliphatic heterocycles. The highest BCUT2D eigenvalue weighted by Gasteiger charge is 2.30. The lowest BCUT2D eigenvalue weighted by Crippen LogP contribution is -2.16. The van der Waals surface area contributed by atoms with E-state index in [-0.39, 0.29) is 16.3 Å². The third kappa shape index (κ3) is 4.79. The fraction of sp³-hybridized carbons (Fsp3) is 0.158. The molecular formula is C19H17F3N4O3S. The van der Waals surface area contributed by atoms with Crippen LogP contribution in [0, 0.1) is 6.92 Å². The van der Waals surface area contributed by atoms with Gasteiger partial charge in [-0.25, -0.2) is 8.42 Å². The van der Waals surface area contributed by atoms with E-state index in [1.54, 1.807) is 13.2 Å². The number of benzene rings is 2. The van der Waals surface area contributed by atoms with Crippen molar-refractivity contribution in [2.24, 2.45) is 7.05 Å². The van der Waals surface area contributed by atoms with Crippen LogP contribution in [-0.4, -0.2) is 24.1 Å². The van der Waals surface area contributed by atoms with Gasteiger partial charge in [0, 0.05) is 24.6 Å². The summed E-state index contributed by atoms with van der Waals surface area (Å²) < 4.78 is 67.4. The van der Waals surface area contributed by atoms with Gasteiger partial charge in [0.25, 0.3) is 15.9 Å². The second kappa shape index (κ2) is 7.82. The third-order valence-electron chi connectivity index (χ3n) is 4.11. The molecule has 0 aliphatic rings. The van der Waals surface area contributed by atoms with E-state index in [1.165, 1.54) is 41.9 Å². The molecule has 0 atom stereocenters. The normalized spacial score (nSPS) is 11.9. The molecule has 0 saturated carbocycles. The van der Waals surface area contributed by atoms with Crippen molar-refractivity contribution in [3.63, 3.8) is 0 Å². The van der Waals surface area contributed by atoms with Crippen LogP contribution in [0.4, 0.5) is 24.5 Å². The van der Waals surface area contributed by atoms with Crippen molar-refractivity contribution >= 4 is 27.3 Å². The van der Waals surface area contributed by atoms with Gasteiger partial charge in [0.15, 0.2) is 5.69 Å². The van der Waals surface area contributed by atoms with Gasteiger partial charge in [-0.1, -0.05) is 6.07 Å². The van der Waals surface area contributed by atoms with Crippen molar-refractivity contribution in [3.8, 4) is 0 Å². The first kappa shape index (κ1) is 21.4. The standard InChI is InChI=1S/C19H17F3N4O3S/c1-12-10-14(23-18(27)16-8-9-26(2)24-16)6-7-17(12)30(28,29)25-15-5-3-4-13(11-15)19(20,21)22/h3-11,25H,1-2H3,(H,23,27). The summed E-state index contributed by atoms with van der Waals surface area (Å²) in [6.45, 7) is 1.51. The van der Waals surface area contributed by atoms with Gasteiger partial charge >= 0.3 is 6.18 Å². The van der Waals surface area contributed by atoms with Gasteiger partial charge < -0.3 is 5.32 Å². The summed E-state index contributed by atoms with van der Waals surface area (Å²) >= 11 is 0. The molecule has 0 fully saturated rings. The molecule has 11 heteroatoms. The number of hydrogen-bond acceptors (Lipinski definition) is 4. The molecule has 30 heavy (non-hydrogen) atoms. The van der Waals surface area contributed by atoms with Gasteiger partial charge in [-0.05, 0) is 55.0 Å². The van der Waals surface area contributed by atoms with E-state index in [2.05, 4.69) is 15.1 Å². The molecule has 0 aliphatic carbocycles. The number of anilines is 2. The van der Waals surface area contributed by atoms with Gasteiger partial charge in [0.1, 0.15) is 0 Å². The van der Waals surface area contributed by atoms with Crippen molar-refractivity contribution in [2.45, 2.75) is 18.0 Å². The number of hydrogen-bond donors (Lipinski definition) is 2. The van der Waals surface area contributed by atoms with Gasteiger partial charge in [-0.15, -0.1) is 0 Å². The maximum atomic E-state index is 12.8. The van der Waals surface area contributed by atoms with Crippen molar-refractivity contribution in [1.82, 2.24) is 9.78 Å². The zero-order valence-electron chi connectivity index (χ0n) is 15.9. The fourth-order valence-corrected chi connectivity index (χ4v) is 4.01. The number of nitrogens with zero attached hydrogens (tertiary/aromatic N) is 2. The number of alkyl halides is 3. The summed E-state index contributed by atoms with van der Waals surface area (Å²) in [4.78, 5) is 12.0. The van der Waals surface area contributed by atoms with E-state index < -0.39 is 27.7 Å². The number of rotatable bonds is 5. The molecule has 0 saturated heterocycles. The Morgan fingerprint density at radius 2 is 1.80 bits per heavy atom. The number of sulfonamides is 1. The minimum absolute atomic E-state index is 0.129. The first-order valence-electron chi connectivity index (χ1n) is 8.57. The Kier molecular flexibility index (Phi) is 5.57. The molecule has 0 radical (unpaired) electrons. The van der Waals surface area contributed by atoms with E-state index in [0.717, 1.165) is 12.1 Å². The van der Waals surface area contributed by atoms with Gasteiger partial charge in [0.05, 0.1) is 10.5 Å². The number of carbonyl (C=O) groups excluding carboxylic acids is 1. The topological polar surface area (TPSA) is 93.1 Å². The first-order valence-corrected chi connectivity index (χ1v) is 10.1. The smallest absolute Gasteiger partial charge is 0.321 e. The highest BCUT2D eigenvalue weighted by molar-refractivity contribution is 7.92. The highest BCUT2D eigenvalue weighted by atomic mass is 32.2. The number of carbonyl (C=O) groups is 1. The van der Waals surface area contributed by atoms with Crippen molar-refractivity contribution in [3.05, 3.63) is 71.5 Å². The van der Waals surface area contributed by atoms with Crippen molar-refractivity contribution in [2.75, 3.05) is 10.0 Å². The van der Waals surface area contributed by atoms with Crippen molar-refractivity contribution in [1.29, 1.82) is 0 Å². The molecule has 1 aromatic heterocycles. The van der Waals surface area contributed by atoms with Crippen LogP contribution in [-0.2, 0) is 23.2 Å². The maximum Gasteiger partial charge on any atom is 0.416 e. The van der Waals surface area contributed by atoms with E-state index in [0.29, 0.717) is 17.3 Å². The molecular weight excluding hydrogens is 421 g/mol. The number of halogens is 3. The molecule has 7 nitrogen and oxygen atoms in total. The Labute approximate surface area is 170 Å². The largest absolute Gasteiger partial charge is 0.416 e. The predicted molar refractivity (Wildman–Crippen MR) is 105 cm³/mol. The first-order chi connectivity index (χ1) is 14.0. The molecule has 0 bridgehead atoms. The van der Waals surface area contributed by atoms with Crippen LogP contribution in [0.15, 0.2) is 59.6 Å². The van der Waals surface area contributed by atoms with Crippen LogP contribution < -0.4 is 10.0 Å². The molecule has 3 aromatic rings. The lowest BCUT2D eigenvalue weighted by Gasteiger charge is -2.13. The second-order valence-corrected chi connectivity index (χ2v) is 8.14. The fourth-order valence-electron chi connectivity index (χ4n) is 2.73. The quantitative estimate of drug-likeness (QED) is 0.634. The molecule has 2 aromatic carbocycles. The molecule has 0 unspecified atom stereocenters. The van der Waals surface area contributed by atoms with Gasteiger partial charge in [-0.2, -0.15) is 18.3 Å². The molecule has 158 valence electrons. The average Bonchev–Trinajstić information content (AvgIpc) is 3.07. The summed E-state index contributed by atoms with van der Waals surface area (Å²) in [6, 6.07) is 9.53. The van der Waals surface area contributed by atoms with Crippen LogP contribution in [0.3, 0.4) is 0 Å². The van der Waals surface area contributed by atoms with Crippen LogP contribution in [0.25, 0.3) is 0 Å². The van der Waals surface area contributed by atoms with Crippen molar-refractivity contribution < 1.29 is 26.4 Å². The van der Waals surface area contributed by atoms with Crippen LogP contribution in [0.2, 0.25) is 0 Å². The average molecular weight is 438 g/mol. The lowest BCUT2D eigenvalue weighted by molar-refractivity contribution is -0.137. The van der Waals surface area contributed by atoms with E-state index in [4.69, 9.17) is 0 Å². The zero-order valence-corrected chi connectivity index (χ0v) is 16.7. The van der Waals surface area contributed by atoms with E-state index >= 15 is 0 Å². The van der Waals surface area contributed by atoms with Crippen LogP contribution >= 0.6 is 0 Å². The summed E-state index contributed by atoms with van der Waals surface area (Å²) in [5, 5.41) is 6.59. The second-order valence-electron chi connectivity index (χ2n) is 6.49. The third-order valence-corrected chi connectivity index (χ3v) is 5.65. The summed E-state index contributed by atoms with van der Waals surface area (Å²) in [5.41, 5.74) is -0.337. The number of nitrogens with one attached hydrogen (secondary N) is 2. The minimum Gasteiger partial charge on any atom is -0.321 e. The Morgan fingerprint density at radius 1 is 1.07 bits per heavy atom. The summed E-state index contributed by atoms with van der Waals surface area (Å²) in [6.07, 6.45) is -2.99. The monoisotopic (exact) mass is 438 g/mol. The van der Waals surface area contributed by atoms with Gasteiger partial charge in [0.2, 0.25) is 0 Å². The molecule has 0 spiro atoms. The molecule has 2 N–H and O–H groups in total. The van der Waals surface area contributed by atoms with E-state index in [1.807, 2.05) is 0 Å². The Morgan fingerprint density at radius 3 is 2.40 bits per heavy atom. The maximum absolute atomic E-state index is 12.8. The highest BCUT2D eigenvalue weighted by Crippen LogP contribution is 2.31. The summed E-state index contributed by atoms with van der Waals surface area (Å²) in [5.74, 6) is -0.465. The predicted octanol–water partition coefficient (Wildman–Crippen LogP) is 3.80. The number of aryl methyl sites for hydroxylation is 2. The minimum atomic E-state index is -4.59. The van der Waals surface area contributed by atoms with E-state index in [9.17, 15) is 26.4 Å². The van der Waals surface area contributed by atoms with Crippen LogP contribution in [0.1, 0.15) is 21.6 Å². The zero-order chi connectivity index (χ0) is 22.1. The Bertz CT molecular complexity index is 1200. The lowest BCUT2D eigenvalue weighted by atomic mass is 10.2. The van der Waals surface area contributed by atoms with Gasteiger partial charge in [-0.3, -0.25) is 14.2 Å². The Balaban J connectivity index is 1.81. The number of amides is 1. The SMILES string of the molecule is Cc1cc(NC(=O)c2ccn(C)n2)ccc1S(=O)(=O)Nc1cccc(C(F)(F)F)c1.